The maximum absolute atomic E-state index is 6.50. The lowest BCUT2D eigenvalue weighted by atomic mass is 9.85. The van der Waals surface area contributed by atoms with Crippen LogP contribution in [0.2, 0.25) is 0 Å². The second kappa shape index (κ2) is 11.7. The standard InChI is InChI=1S/C26H36N2O5/c1-29-13-4-11-28-12-14-32-23-10-5-19(15-22(23)28)18-33-25-17-27-16-24(31-3)26(25)20-6-8-21(30-2)9-7-20/h5-10,15,24-27H,4,11-14,16-18H2,1-3H3. The molecule has 1 N–H and O–H groups in total. The Morgan fingerprint density at radius 3 is 2.61 bits per heavy atom. The first-order chi connectivity index (χ1) is 16.2. The fourth-order valence-corrected chi connectivity index (χ4v) is 4.75. The zero-order valence-electron chi connectivity index (χ0n) is 19.9. The number of benzene rings is 2. The summed E-state index contributed by atoms with van der Waals surface area (Å²) in [5.41, 5.74) is 3.49. The van der Waals surface area contributed by atoms with E-state index in [1.54, 1.807) is 21.3 Å². The molecule has 3 atom stereocenters. The molecule has 33 heavy (non-hydrogen) atoms. The lowest BCUT2D eigenvalue weighted by Gasteiger charge is -2.38. The van der Waals surface area contributed by atoms with Crippen LogP contribution in [0.15, 0.2) is 42.5 Å². The third kappa shape index (κ3) is 5.79. The van der Waals surface area contributed by atoms with E-state index in [9.17, 15) is 0 Å². The van der Waals surface area contributed by atoms with E-state index in [1.165, 1.54) is 5.56 Å². The van der Waals surface area contributed by atoms with Crippen molar-refractivity contribution in [2.45, 2.75) is 31.2 Å². The van der Waals surface area contributed by atoms with Gasteiger partial charge in [-0.25, -0.2) is 0 Å². The third-order valence-corrected chi connectivity index (χ3v) is 6.52. The fourth-order valence-electron chi connectivity index (χ4n) is 4.75. The third-order valence-electron chi connectivity index (χ3n) is 6.52. The van der Waals surface area contributed by atoms with Gasteiger partial charge in [-0.3, -0.25) is 0 Å². The Morgan fingerprint density at radius 1 is 1.03 bits per heavy atom. The van der Waals surface area contributed by atoms with Gasteiger partial charge in [0.1, 0.15) is 18.1 Å². The highest BCUT2D eigenvalue weighted by Gasteiger charge is 2.35. The number of ether oxygens (including phenoxy) is 5. The first-order valence-corrected chi connectivity index (χ1v) is 11.7. The van der Waals surface area contributed by atoms with Crippen molar-refractivity contribution in [2.24, 2.45) is 0 Å². The summed E-state index contributed by atoms with van der Waals surface area (Å²) in [4.78, 5) is 2.38. The minimum absolute atomic E-state index is 0.00202. The quantitative estimate of drug-likeness (QED) is 0.551. The molecule has 0 aliphatic carbocycles. The van der Waals surface area contributed by atoms with E-state index >= 15 is 0 Å². The van der Waals surface area contributed by atoms with Crippen LogP contribution in [0.3, 0.4) is 0 Å². The fraction of sp³-hybridized carbons (Fsp3) is 0.538. The number of rotatable bonds is 10. The van der Waals surface area contributed by atoms with E-state index in [0.29, 0.717) is 13.2 Å². The van der Waals surface area contributed by atoms with E-state index in [0.717, 1.165) is 62.0 Å². The summed E-state index contributed by atoms with van der Waals surface area (Å²) in [6.07, 6.45) is 1.04. The van der Waals surface area contributed by atoms with E-state index in [1.807, 2.05) is 12.1 Å². The lowest BCUT2D eigenvalue weighted by molar-refractivity contribution is -0.0463. The minimum Gasteiger partial charge on any atom is -0.497 e. The number of methoxy groups -OCH3 is 3. The normalized spacial score (nSPS) is 22.5. The summed E-state index contributed by atoms with van der Waals surface area (Å²) in [7, 11) is 5.20. The Morgan fingerprint density at radius 2 is 1.85 bits per heavy atom. The number of fused-ring (bicyclic) bond motifs is 1. The molecule has 0 aromatic heterocycles. The van der Waals surface area contributed by atoms with Gasteiger partial charge in [0.2, 0.25) is 0 Å². The van der Waals surface area contributed by atoms with Gasteiger partial charge in [0.05, 0.1) is 38.2 Å². The van der Waals surface area contributed by atoms with Gasteiger partial charge in [-0.1, -0.05) is 18.2 Å². The van der Waals surface area contributed by atoms with Gasteiger partial charge in [0.15, 0.2) is 0 Å². The average molecular weight is 457 g/mol. The van der Waals surface area contributed by atoms with Crippen LogP contribution >= 0.6 is 0 Å². The number of anilines is 1. The molecule has 2 heterocycles. The molecule has 0 spiro atoms. The van der Waals surface area contributed by atoms with Crippen LogP contribution in [0.1, 0.15) is 23.5 Å². The van der Waals surface area contributed by atoms with Crippen molar-refractivity contribution >= 4 is 5.69 Å². The van der Waals surface area contributed by atoms with E-state index in [4.69, 9.17) is 23.7 Å². The van der Waals surface area contributed by atoms with Crippen LogP contribution in [0, 0.1) is 0 Å². The molecule has 0 saturated carbocycles. The largest absolute Gasteiger partial charge is 0.497 e. The summed E-state index contributed by atoms with van der Waals surface area (Å²) in [5, 5.41) is 3.47. The highest BCUT2D eigenvalue weighted by molar-refractivity contribution is 5.61. The van der Waals surface area contributed by atoms with Gasteiger partial charge in [0.25, 0.3) is 0 Å². The maximum atomic E-state index is 6.50. The summed E-state index contributed by atoms with van der Waals surface area (Å²) in [5.74, 6) is 1.94. The van der Waals surface area contributed by atoms with Crippen LogP contribution in [-0.4, -0.2) is 72.9 Å². The van der Waals surface area contributed by atoms with Gasteiger partial charge < -0.3 is 33.9 Å². The maximum Gasteiger partial charge on any atom is 0.142 e. The van der Waals surface area contributed by atoms with Crippen LogP contribution in [0.4, 0.5) is 5.69 Å². The molecule has 7 heteroatoms. The molecular weight excluding hydrogens is 420 g/mol. The number of nitrogens with one attached hydrogen (secondary N) is 1. The Balaban J connectivity index is 1.47. The Kier molecular flexibility index (Phi) is 8.45. The highest BCUT2D eigenvalue weighted by atomic mass is 16.5. The van der Waals surface area contributed by atoms with Gasteiger partial charge in [-0.15, -0.1) is 0 Å². The molecule has 2 aromatic rings. The Hall–Kier alpha value is -2.32. The van der Waals surface area contributed by atoms with E-state index < -0.39 is 0 Å². The molecular formula is C26H36N2O5. The molecule has 2 aromatic carbocycles. The van der Waals surface area contributed by atoms with E-state index in [2.05, 4.69) is 40.5 Å². The zero-order valence-corrected chi connectivity index (χ0v) is 19.9. The summed E-state index contributed by atoms with van der Waals surface area (Å²) in [6, 6.07) is 14.6. The Bertz CT molecular complexity index is 875. The van der Waals surface area contributed by atoms with Gasteiger partial charge >= 0.3 is 0 Å². The molecule has 0 amide bonds. The van der Waals surface area contributed by atoms with Crippen LogP contribution in [0.25, 0.3) is 0 Å². The van der Waals surface area contributed by atoms with Crippen molar-refractivity contribution in [3.63, 3.8) is 0 Å². The molecule has 3 unspecified atom stereocenters. The highest BCUT2D eigenvalue weighted by Crippen LogP contribution is 2.34. The summed E-state index contributed by atoms with van der Waals surface area (Å²) in [6.45, 7) is 5.45. The molecule has 7 nitrogen and oxygen atoms in total. The number of hydrogen-bond donors (Lipinski definition) is 1. The molecule has 180 valence electrons. The van der Waals surface area contributed by atoms with Gasteiger partial charge in [0, 0.05) is 46.4 Å². The number of hydrogen-bond acceptors (Lipinski definition) is 7. The van der Waals surface area contributed by atoms with Crippen LogP contribution in [-0.2, 0) is 20.8 Å². The van der Waals surface area contributed by atoms with E-state index in [-0.39, 0.29) is 18.1 Å². The molecule has 0 radical (unpaired) electrons. The Labute approximate surface area is 196 Å². The van der Waals surface area contributed by atoms with Crippen molar-refractivity contribution in [1.82, 2.24) is 5.32 Å². The second-order valence-electron chi connectivity index (χ2n) is 8.56. The SMILES string of the molecule is COCCCN1CCOc2ccc(COC3CNCC(OC)C3c3ccc(OC)cc3)cc21. The topological polar surface area (TPSA) is 61.4 Å². The summed E-state index contributed by atoms with van der Waals surface area (Å²) >= 11 is 0. The molecule has 4 rings (SSSR count). The summed E-state index contributed by atoms with van der Waals surface area (Å²) < 4.78 is 28.8. The van der Waals surface area contributed by atoms with Crippen molar-refractivity contribution in [3.8, 4) is 11.5 Å². The second-order valence-corrected chi connectivity index (χ2v) is 8.56. The predicted octanol–water partition coefficient (Wildman–Crippen LogP) is 3.22. The van der Waals surface area contributed by atoms with Crippen molar-refractivity contribution < 1.29 is 23.7 Å². The average Bonchev–Trinajstić information content (AvgIpc) is 2.87. The van der Waals surface area contributed by atoms with Crippen molar-refractivity contribution in [2.75, 3.05) is 65.6 Å². The molecule has 2 aliphatic heterocycles. The smallest absolute Gasteiger partial charge is 0.142 e. The van der Waals surface area contributed by atoms with Crippen molar-refractivity contribution in [1.29, 1.82) is 0 Å². The molecule has 1 saturated heterocycles. The lowest BCUT2D eigenvalue weighted by Crippen LogP contribution is -2.50. The first kappa shape index (κ1) is 23.8. The number of nitrogens with zero attached hydrogens (tertiary/aromatic N) is 1. The monoisotopic (exact) mass is 456 g/mol. The molecule has 1 fully saturated rings. The predicted molar refractivity (Wildman–Crippen MR) is 129 cm³/mol. The first-order valence-electron chi connectivity index (χ1n) is 11.7. The zero-order chi connectivity index (χ0) is 23.0. The molecule has 0 bridgehead atoms. The minimum atomic E-state index is 0.00202. The van der Waals surface area contributed by atoms with Crippen LogP contribution in [0.5, 0.6) is 11.5 Å². The number of piperidine rings is 1. The van der Waals surface area contributed by atoms with Gasteiger partial charge in [-0.05, 0) is 41.8 Å². The van der Waals surface area contributed by atoms with Gasteiger partial charge in [-0.2, -0.15) is 0 Å². The molecule has 2 aliphatic rings. The van der Waals surface area contributed by atoms with Crippen LogP contribution < -0.4 is 19.7 Å². The van der Waals surface area contributed by atoms with Crippen molar-refractivity contribution in [3.05, 3.63) is 53.6 Å².